The number of hydrogen-bond donors (Lipinski definition) is 2. The van der Waals surface area contributed by atoms with E-state index in [0.29, 0.717) is 12.4 Å². The lowest BCUT2D eigenvalue weighted by molar-refractivity contribution is -0.134. The van der Waals surface area contributed by atoms with E-state index in [9.17, 15) is 14.4 Å². The summed E-state index contributed by atoms with van der Waals surface area (Å²) in [6, 6.07) is 16.1. The van der Waals surface area contributed by atoms with Gasteiger partial charge in [-0.1, -0.05) is 42.5 Å². The van der Waals surface area contributed by atoms with Gasteiger partial charge in [0.15, 0.2) is 12.2 Å². The number of para-hydroxylation sites is 2. The fraction of sp³-hybridized carbons (Fsp3) is 0.304. The highest BCUT2D eigenvalue weighted by Gasteiger charge is 2.52. The number of benzene rings is 2. The summed E-state index contributed by atoms with van der Waals surface area (Å²) in [7, 11) is 4.84. The van der Waals surface area contributed by atoms with Crippen molar-refractivity contribution in [3.8, 4) is 0 Å². The van der Waals surface area contributed by atoms with Gasteiger partial charge in [0.1, 0.15) is 6.04 Å². The standard InChI is InChI=1S/C23H25N5O4/c1-27(2)21(30)17(13-14-9-5-4-6-10-14)24-20(29)18-19(32-18)22(31)28(3)23-25-15-11-7-8-12-16(15)26-23/h4-12,17-19H,13H2,1-3H3,(H,24,29)(H,25,26)/t17-,18?,19?/m0/s1. The SMILES string of the molecule is CN(C)C(=O)[C@H](Cc1ccccc1)NC(=O)C1OC1C(=O)N(C)c1nc2ccccc2[nH]1. The van der Waals surface area contributed by atoms with Crippen LogP contribution in [0.1, 0.15) is 5.56 Å². The molecule has 4 rings (SSSR count). The summed E-state index contributed by atoms with van der Waals surface area (Å²) in [5.74, 6) is -0.735. The number of ether oxygens (including phenoxy) is 1. The average molecular weight is 435 g/mol. The van der Waals surface area contributed by atoms with Gasteiger partial charge in [-0.3, -0.25) is 19.3 Å². The number of carbonyl (C=O) groups is 3. The lowest BCUT2D eigenvalue weighted by Gasteiger charge is -2.21. The summed E-state index contributed by atoms with van der Waals surface area (Å²) in [6.07, 6.45) is -1.52. The van der Waals surface area contributed by atoms with Crippen molar-refractivity contribution < 1.29 is 19.1 Å². The quantitative estimate of drug-likeness (QED) is 0.540. The van der Waals surface area contributed by atoms with Crippen LogP contribution in [0.2, 0.25) is 0 Å². The Morgan fingerprint density at radius 1 is 1.03 bits per heavy atom. The Kier molecular flexibility index (Phi) is 5.91. The molecule has 3 atom stereocenters. The predicted octanol–water partition coefficient (Wildman–Crippen LogP) is 1.11. The molecule has 3 amide bonds. The topological polar surface area (TPSA) is 111 Å². The first-order valence-electron chi connectivity index (χ1n) is 10.3. The molecular formula is C23H25N5O4. The second-order valence-corrected chi connectivity index (χ2v) is 7.94. The average Bonchev–Trinajstić information content (AvgIpc) is 3.48. The van der Waals surface area contributed by atoms with E-state index in [2.05, 4.69) is 15.3 Å². The van der Waals surface area contributed by atoms with Gasteiger partial charge in [0, 0.05) is 27.6 Å². The first kappa shape index (κ1) is 21.5. The molecule has 32 heavy (non-hydrogen) atoms. The van der Waals surface area contributed by atoms with Crippen LogP contribution in [0.5, 0.6) is 0 Å². The van der Waals surface area contributed by atoms with Crippen LogP contribution >= 0.6 is 0 Å². The van der Waals surface area contributed by atoms with Crippen molar-refractivity contribution in [1.29, 1.82) is 0 Å². The zero-order valence-corrected chi connectivity index (χ0v) is 18.1. The van der Waals surface area contributed by atoms with Crippen molar-refractivity contribution in [2.45, 2.75) is 24.7 Å². The number of likely N-dealkylation sites (N-methyl/N-ethyl adjacent to an activating group) is 2. The van der Waals surface area contributed by atoms with Gasteiger partial charge in [-0.2, -0.15) is 0 Å². The van der Waals surface area contributed by atoms with Gasteiger partial charge in [0.2, 0.25) is 11.9 Å². The summed E-state index contributed by atoms with van der Waals surface area (Å²) in [4.78, 5) is 48.4. The second-order valence-electron chi connectivity index (χ2n) is 7.94. The van der Waals surface area contributed by atoms with Crippen LogP contribution < -0.4 is 10.2 Å². The largest absolute Gasteiger partial charge is 0.349 e. The Bertz CT molecular complexity index is 1110. The van der Waals surface area contributed by atoms with Gasteiger partial charge in [-0.25, -0.2) is 4.98 Å². The Hall–Kier alpha value is -3.72. The van der Waals surface area contributed by atoms with Crippen molar-refractivity contribution in [1.82, 2.24) is 20.2 Å². The third-order valence-electron chi connectivity index (χ3n) is 5.36. The summed E-state index contributed by atoms with van der Waals surface area (Å²) < 4.78 is 5.38. The molecule has 3 aromatic rings. The van der Waals surface area contributed by atoms with Crippen LogP contribution in [-0.4, -0.2) is 72.0 Å². The Morgan fingerprint density at radius 3 is 2.41 bits per heavy atom. The number of nitrogens with one attached hydrogen (secondary N) is 2. The maximum atomic E-state index is 12.8. The Morgan fingerprint density at radius 2 is 1.72 bits per heavy atom. The molecule has 2 aromatic carbocycles. The number of H-pyrrole nitrogens is 1. The smallest absolute Gasteiger partial charge is 0.261 e. The summed E-state index contributed by atoms with van der Waals surface area (Å²) in [5, 5.41) is 2.74. The van der Waals surface area contributed by atoms with Crippen LogP contribution in [0, 0.1) is 0 Å². The number of nitrogens with zero attached hydrogens (tertiary/aromatic N) is 3. The normalized spacial score (nSPS) is 18.1. The first-order chi connectivity index (χ1) is 15.3. The maximum Gasteiger partial charge on any atom is 0.261 e. The molecule has 0 aliphatic carbocycles. The van der Waals surface area contributed by atoms with Crippen molar-refractivity contribution in [2.24, 2.45) is 0 Å². The van der Waals surface area contributed by atoms with Crippen molar-refractivity contribution >= 4 is 34.7 Å². The second kappa shape index (κ2) is 8.80. The number of epoxide rings is 1. The lowest BCUT2D eigenvalue weighted by atomic mass is 10.0. The van der Waals surface area contributed by atoms with E-state index in [-0.39, 0.29) is 11.8 Å². The van der Waals surface area contributed by atoms with Crippen molar-refractivity contribution in [3.05, 3.63) is 60.2 Å². The van der Waals surface area contributed by atoms with Gasteiger partial charge in [0.05, 0.1) is 11.0 Å². The minimum atomic E-state index is -0.942. The minimum Gasteiger partial charge on any atom is -0.349 e. The predicted molar refractivity (Wildman–Crippen MR) is 119 cm³/mol. The number of aromatic amines is 1. The highest BCUT2D eigenvalue weighted by molar-refractivity contribution is 6.03. The van der Waals surface area contributed by atoms with Gasteiger partial charge >= 0.3 is 0 Å². The summed E-state index contributed by atoms with van der Waals surface area (Å²) in [6.45, 7) is 0. The van der Waals surface area contributed by atoms with Gasteiger partial charge in [-0.05, 0) is 17.7 Å². The molecule has 0 saturated carbocycles. The van der Waals surface area contributed by atoms with Crippen molar-refractivity contribution in [3.63, 3.8) is 0 Å². The minimum absolute atomic E-state index is 0.231. The molecule has 2 unspecified atom stereocenters. The maximum absolute atomic E-state index is 12.8. The zero-order chi connectivity index (χ0) is 22.8. The molecule has 1 fully saturated rings. The van der Waals surface area contributed by atoms with Crippen LogP contribution in [0.15, 0.2) is 54.6 Å². The third-order valence-corrected chi connectivity index (χ3v) is 5.36. The number of hydrogen-bond acceptors (Lipinski definition) is 5. The van der Waals surface area contributed by atoms with E-state index in [1.807, 2.05) is 54.6 Å². The molecular weight excluding hydrogens is 410 g/mol. The molecule has 0 radical (unpaired) electrons. The molecule has 2 N–H and O–H groups in total. The number of amides is 3. The molecule has 1 aliphatic rings. The Balaban J connectivity index is 1.40. The Labute approximate surface area is 185 Å². The zero-order valence-electron chi connectivity index (χ0n) is 18.1. The number of carbonyl (C=O) groups excluding carboxylic acids is 3. The summed E-state index contributed by atoms with van der Waals surface area (Å²) in [5.41, 5.74) is 2.46. The van der Waals surface area contributed by atoms with E-state index >= 15 is 0 Å². The molecule has 0 spiro atoms. The van der Waals surface area contributed by atoms with Crippen molar-refractivity contribution in [2.75, 3.05) is 26.0 Å². The third kappa shape index (κ3) is 4.47. The molecule has 166 valence electrons. The highest BCUT2D eigenvalue weighted by atomic mass is 16.6. The summed E-state index contributed by atoms with van der Waals surface area (Å²) >= 11 is 0. The van der Waals surface area contributed by atoms with Crippen LogP contribution in [0.4, 0.5) is 5.95 Å². The highest BCUT2D eigenvalue weighted by Crippen LogP contribution is 2.26. The van der Waals surface area contributed by atoms with Gasteiger partial charge < -0.3 is 19.9 Å². The van der Waals surface area contributed by atoms with E-state index in [1.54, 1.807) is 21.1 Å². The van der Waals surface area contributed by atoms with E-state index in [4.69, 9.17) is 4.74 Å². The number of rotatable bonds is 7. The molecule has 0 bridgehead atoms. The van der Waals surface area contributed by atoms with E-state index in [0.717, 1.165) is 16.6 Å². The van der Waals surface area contributed by atoms with Crippen LogP contribution in [0.3, 0.4) is 0 Å². The van der Waals surface area contributed by atoms with Gasteiger partial charge in [-0.15, -0.1) is 0 Å². The number of fused-ring (bicyclic) bond motifs is 1. The number of aromatic nitrogens is 2. The molecule has 9 nitrogen and oxygen atoms in total. The lowest BCUT2D eigenvalue weighted by Crippen LogP contribution is -2.49. The van der Waals surface area contributed by atoms with Crippen LogP contribution in [-0.2, 0) is 25.5 Å². The fourth-order valence-electron chi connectivity index (χ4n) is 3.51. The van der Waals surface area contributed by atoms with E-state index < -0.39 is 24.2 Å². The molecule has 1 saturated heterocycles. The molecule has 2 heterocycles. The van der Waals surface area contributed by atoms with E-state index in [1.165, 1.54) is 9.80 Å². The molecule has 9 heteroatoms. The molecule has 1 aromatic heterocycles. The number of imidazole rings is 1. The van der Waals surface area contributed by atoms with Gasteiger partial charge in [0.25, 0.3) is 11.8 Å². The number of anilines is 1. The fourth-order valence-corrected chi connectivity index (χ4v) is 3.51. The monoisotopic (exact) mass is 435 g/mol. The first-order valence-corrected chi connectivity index (χ1v) is 10.3. The van der Waals surface area contributed by atoms with Crippen LogP contribution in [0.25, 0.3) is 11.0 Å². The molecule has 1 aliphatic heterocycles.